The highest BCUT2D eigenvalue weighted by Crippen LogP contribution is 2.28. The van der Waals surface area contributed by atoms with E-state index in [-0.39, 0.29) is 13.4 Å². The topological polar surface area (TPSA) is 86.4 Å². The van der Waals surface area contributed by atoms with Crippen molar-refractivity contribution in [3.63, 3.8) is 0 Å². The van der Waals surface area contributed by atoms with Crippen molar-refractivity contribution in [1.29, 1.82) is 5.26 Å². The van der Waals surface area contributed by atoms with Crippen LogP contribution in [0.25, 0.3) is 16.8 Å². The van der Waals surface area contributed by atoms with Crippen molar-refractivity contribution in [2.45, 2.75) is 6.92 Å². The number of methoxy groups -OCH3 is 1. The third-order valence-corrected chi connectivity index (χ3v) is 4.39. The number of nitriles is 1. The van der Waals surface area contributed by atoms with Gasteiger partial charge in [0.1, 0.15) is 17.4 Å². The van der Waals surface area contributed by atoms with Gasteiger partial charge in [-0.2, -0.15) is 21.7 Å². The first-order valence-electron chi connectivity index (χ1n) is 8.13. The maximum atomic E-state index is 12.1. The van der Waals surface area contributed by atoms with Crippen LogP contribution >= 0.6 is 11.3 Å². The average Bonchev–Trinajstić information content (AvgIpc) is 3.35. The summed E-state index contributed by atoms with van der Waals surface area (Å²) >= 11 is 1.55. The van der Waals surface area contributed by atoms with Gasteiger partial charge >= 0.3 is 5.97 Å². The molecule has 0 spiro atoms. The molecule has 0 amide bonds. The fraction of sp³-hybridized carbons (Fsp3) is 0.211. The number of nitrogens with zero attached hydrogens (tertiary/aromatic N) is 3. The number of ether oxygens (including phenoxy) is 3. The Morgan fingerprint density at radius 3 is 2.89 bits per heavy atom. The molecule has 0 atom stereocenters. The van der Waals surface area contributed by atoms with E-state index in [4.69, 9.17) is 14.2 Å². The smallest absolute Gasteiger partial charge is 0.341 e. The molecule has 8 heteroatoms. The number of esters is 1. The van der Waals surface area contributed by atoms with E-state index in [1.54, 1.807) is 47.3 Å². The fourth-order valence-electron chi connectivity index (χ4n) is 2.49. The van der Waals surface area contributed by atoms with Gasteiger partial charge in [-0.25, -0.2) is 9.48 Å². The molecule has 0 saturated heterocycles. The van der Waals surface area contributed by atoms with Crippen molar-refractivity contribution in [3.8, 4) is 28.6 Å². The van der Waals surface area contributed by atoms with Crippen LogP contribution in [0.1, 0.15) is 23.0 Å². The molecular formula is C19H17N3O4S. The highest BCUT2D eigenvalue weighted by atomic mass is 32.1. The second kappa shape index (κ2) is 8.49. The monoisotopic (exact) mass is 383 g/mol. The Hall–Kier alpha value is -3.15. The maximum Gasteiger partial charge on any atom is 0.341 e. The largest absolute Gasteiger partial charge is 0.467 e. The fourth-order valence-corrected chi connectivity index (χ4v) is 3.15. The zero-order valence-corrected chi connectivity index (χ0v) is 15.7. The van der Waals surface area contributed by atoms with Crippen molar-refractivity contribution in [1.82, 2.24) is 9.78 Å². The number of hydrogen-bond acceptors (Lipinski definition) is 7. The first-order valence-corrected chi connectivity index (χ1v) is 9.07. The van der Waals surface area contributed by atoms with Crippen LogP contribution in [-0.2, 0) is 9.47 Å². The zero-order chi connectivity index (χ0) is 19.2. The second-order valence-electron chi connectivity index (χ2n) is 5.41. The van der Waals surface area contributed by atoms with Crippen LogP contribution in [-0.4, -0.2) is 36.3 Å². The van der Waals surface area contributed by atoms with Gasteiger partial charge in [0.15, 0.2) is 12.5 Å². The lowest BCUT2D eigenvalue weighted by molar-refractivity contribution is 0.0438. The number of benzene rings is 1. The number of rotatable bonds is 7. The minimum absolute atomic E-state index is 0.0153. The van der Waals surface area contributed by atoms with E-state index in [1.165, 1.54) is 7.11 Å². The Labute approximate surface area is 160 Å². The van der Waals surface area contributed by atoms with Crippen LogP contribution in [0.15, 0.2) is 41.2 Å². The number of thiophene rings is 1. The Morgan fingerprint density at radius 1 is 1.37 bits per heavy atom. The molecule has 0 radical (unpaired) electrons. The van der Waals surface area contributed by atoms with Gasteiger partial charge in [0.2, 0.25) is 0 Å². The zero-order valence-electron chi connectivity index (χ0n) is 14.8. The predicted octanol–water partition coefficient (Wildman–Crippen LogP) is 3.63. The van der Waals surface area contributed by atoms with Crippen molar-refractivity contribution in [2.75, 3.05) is 20.5 Å². The van der Waals surface area contributed by atoms with Crippen LogP contribution in [0.3, 0.4) is 0 Å². The van der Waals surface area contributed by atoms with E-state index in [0.717, 1.165) is 11.1 Å². The summed E-state index contributed by atoms with van der Waals surface area (Å²) in [5.74, 6) is -0.161. The number of carbonyl (C=O) groups is 1. The van der Waals surface area contributed by atoms with Crippen molar-refractivity contribution >= 4 is 17.3 Å². The Kier molecular flexibility index (Phi) is 5.86. The SMILES string of the molecule is CCOC(=O)c1ccc(-n2cc(-c3ccsc3)c(C#N)n2)cc1OCOC. The lowest BCUT2D eigenvalue weighted by atomic mass is 10.1. The van der Waals surface area contributed by atoms with Gasteiger partial charge < -0.3 is 14.2 Å². The minimum atomic E-state index is -0.479. The van der Waals surface area contributed by atoms with Gasteiger partial charge in [0.25, 0.3) is 0 Å². The molecule has 1 aromatic carbocycles. The van der Waals surface area contributed by atoms with E-state index in [1.807, 2.05) is 16.8 Å². The highest BCUT2D eigenvalue weighted by Gasteiger charge is 2.17. The standard InChI is InChI=1S/C19H17N3O4S/c1-3-25-19(23)15-5-4-14(8-18(15)26-12-24-2)22-10-16(17(9-20)21-22)13-6-7-27-11-13/h4-8,10-11H,3,12H2,1-2H3. The third-order valence-electron chi connectivity index (χ3n) is 3.71. The molecule has 0 unspecified atom stereocenters. The molecule has 27 heavy (non-hydrogen) atoms. The van der Waals surface area contributed by atoms with Crippen LogP contribution < -0.4 is 4.74 Å². The summed E-state index contributed by atoms with van der Waals surface area (Å²) in [4.78, 5) is 12.1. The molecule has 2 aromatic heterocycles. The van der Waals surface area contributed by atoms with Crippen LogP contribution in [0.4, 0.5) is 0 Å². The van der Waals surface area contributed by atoms with Crippen LogP contribution in [0, 0.1) is 11.3 Å². The van der Waals surface area contributed by atoms with Gasteiger partial charge in [0, 0.05) is 24.9 Å². The summed E-state index contributed by atoms with van der Waals surface area (Å²) in [6, 6.07) is 9.04. The molecule has 0 bridgehead atoms. The minimum Gasteiger partial charge on any atom is -0.467 e. The van der Waals surface area contributed by atoms with E-state index in [0.29, 0.717) is 22.7 Å². The Morgan fingerprint density at radius 2 is 2.22 bits per heavy atom. The van der Waals surface area contributed by atoms with Crippen molar-refractivity contribution < 1.29 is 19.0 Å². The number of hydrogen-bond donors (Lipinski definition) is 0. The van der Waals surface area contributed by atoms with E-state index < -0.39 is 5.97 Å². The van der Waals surface area contributed by atoms with Gasteiger partial charge in [0.05, 0.1) is 12.3 Å². The van der Waals surface area contributed by atoms with Crippen LogP contribution in [0.2, 0.25) is 0 Å². The number of aromatic nitrogens is 2. The summed E-state index contributed by atoms with van der Waals surface area (Å²) in [7, 11) is 1.49. The molecule has 138 valence electrons. The molecule has 0 N–H and O–H groups in total. The lowest BCUT2D eigenvalue weighted by Crippen LogP contribution is -2.10. The first kappa shape index (κ1) is 18.6. The summed E-state index contributed by atoms with van der Waals surface area (Å²) in [5, 5.41) is 17.6. The lowest BCUT2D eigenvalue weighted by Gasteiger charge is -2.12. The molecule has 0 aliphatic heterocycles. The van der Waals surface area contributed by atoms with Gasteiger partial charge in [-0.3, -0.25) is 0 Å². The Bertz CT molecular complexity index is 974. The third kappa shape index (κ3) is 4.00. The van der Waals surface area contributed by atoms with Gasteiger partial charge in [-0.15, -0.1) is 0 Å². The second-order valence-corrected chi connectivity index (χ2v) is 6.19. The molecule has 0 fully saturated rings. The summed E-state index contributed by atoms with van der Waals surface area (Å²) < 4.78 is 17.1. The van der Waals surface area contributed by atoms with Crippen LogP contribution in [0.5, 0.6) is 5.75 Å². The summed E-state index contributed by atoms with van der Waals surface area (Å²) in [6.45, 7) is 1.98. The van der Waals surface area contributed by atoms with E-state index >= 15 is 0 Å². The van der Waals surface area contributed by atoms with E-state index in [9.17, 15) is 10.1 Å². The molecule has 0 saturated carbocycles. The van der Waals surface area contributed by atoms with Crippen molar-refractivity contribution in [2.24, 2.45) is 0 Å². The van der Waals surface area contributed by atoms with Gasteiger partial charge in [-0.05, 0) is 41.4 Å². The van der Waals surface area contributed by atoms with Gasteiger partial charge in [-0.1, -0.05) is 0 Å². The first-order chi connectivity index (χ1) is 13.2. The highest BCUT2D eigenvalue weighted by molar-refractivity contribution is 7.08. The molecule has 7 nitrogen and oxygen atoms in total. The normalized spacial score (nSPS) is 10.4. The molecule has 0 aliphatic carbocycles. The predicted molar refractivity (Wildman–Crippen MR) is 100 cm³/mol. The number of carbonyl (C=O) groups excluding carboxylic acids is 1. The average molecular weight is 383 g/mol. The van der Waals surface area contributed by atoms with Crippen molar-refractivity contribution in [3.05, 3.63) is 52.5 Å². The summed E-state index contributed by atoms with van der Waals surface area (Å²) in [5.41, 5.74) is 2.94. The molecule has 0 aliphatic rings. The summed E-state index contributed by atoms with van der Waals surface area (Å²) in [6.07, 6.45) is 1.78. The maximum absolute atomic E-state index is 12.1. The molecule has 3 rings (SSSR count). The Balaban J connectivity index is 2.02. The molecule has 2 heterocycles. The van der Waals surface area contributed by atoms with E-state index in [2.05, 4.69) is 11.2 Å². The molecule has 3 aromatic rings. The quantitative estimate of drug-likeness (QED) is 0.457. The molecular weight excluding hydrogens is 366 g/mol.